The van der Waals surface area contributed by atoms with E-state index in [1.807, 2.05) is 24.3 Å². The first kappa shape index (κ1) is 24.4. The molecule has 9 heteroatoms. The van der Waals surface area contributed by atoms with Crippen LogP contribution in [-0.2, 0) is 4.79 Å². The third-order valence-corrected chi connectivity index (χ3v) is 8.74. The summed E-state index contributed by atoms with van der Waals surface area (Å²) in [5.41, 5.74) is 0.887. The van der Waals surface area contributed by atoms with Crippen LogP contribution < -0.4 is 15.0 Å². The molecule has 0 spiro atoms. The zero-order valence-electron chi connectivity index (χ0n) is 20.7. The largest absolute Gasteiger partial charge is 0.497 e. The smallest absolute Gasteiger partial charge is 0.324 e. The normalized spacial score (nSPS) is 22.4. The Morgan fingerprint density at radius 3 is 2.60 bits per heavy atom. The summed E-state index contributed by atoms with van der Waals surface area (Å²) in [6.45, 7) is 5.88. The molecule has 8 nitrogen and oxygen atoms in total. The number of rotatable bonds is 8. The van der Waals surface area contributed by atoms with Crippen LogP contribution in [0.1, 0.15) is 32.1 Å². The monoisotopic (exact) mass is 499 g/mol. The molecule has 0 aliphatic carbocycles. The second-order valence-electron chi connectivity index (χ2n) is 10.1. The van der Waals surface area contributed by atoms with Crippen LogP contribution in [0.3, 0.4) is 0 Å². The summed E-state index contributed by atoms with van der Waals surface area (Å²) in [4.78, 5) is 22.1. The van der Waals surface area contributed by atoms with Gasteiger partial charge < -0.3 is 24.4 Å². The second-order valence-corrected chi connectivity index (χ2v) is 11.3. The molecule has 0 bridgehead atoms. The first-order valence-corrected chi connectivity index (χ1v) is 14.1. The van der Waals surface area contributed by atoms with Crippen LogP contribution >= 0.6 is 11.8 Å². The number of anilines is 1. The lowest BCUT2D eigenvalue weighted by Crippen LogP contribution is -2.42. The van der Waals surface area contributed by atoms with Gasteiger partial charge in [-0.15, -0.1) is 0 Å². The molecule has 2 aromatic rings. The van der Waals surface area contributed by atoms with E-state index in [9.17, 15) is 4.79 Å². The fourth-order valence-electron chi connectivity index (χ4n) is 5.46. The van der Waals surface area contributed by atoms with Crippen LogP contribution in [0.15, 0.2) is 28.8 Å². The van der Waals surface area contributed by atoms with Crippen molar-refractivity contribution in [3.05, 3.63) is 24.3 Å². The first-order chi connectivity index (χ1) is 17.2. The average Bonchev–Trinajstić information content (AvgIpc) is 3.58. The highest BCUT2D eigenvalue weighted by Crippen LogP contribution is 2.27. The SMILES string of the molecule is COc1ccc(-c2noc(N3CCC(C(=O)NCC4CCN(CC5CCSCC5)C4)CC3)n2)cc1. The third kappa shape index (κ3) is 6.30. The standard InChI is InChI=1S/C26H37N5O3S/c1-33-23-4-2-21(3-5-23)24-28-26(34-29-24)31-12-7-22(8-13-31)25(32)27-16-20-6-11-30(18-20)17-19-9-14-35-15-10-19/h2-5,19-20,22H,6-18H2,1H3,(H,27,32). The van der Waals surface area contributed by atoms with Gasteiger partial charge in [0.25, 0.3) is 0 Å². The summed E-state index contributed by atoms with van der Waals surface area (Å²) in [5.74, 6) is 5.74. The van der Waals surface area contributed by atoms with Crippen LogP contribution in [-0.4, -0.2) is 78.8 Å². The molecular weight excluding hydrogens is 462 g/mol. The molecule has 3 aliphatic heterocycles. The van der Waals surface area contributed by atoms with Crippen molar-refractivity contribution < 1.29 is 14.1 Å². The Hall–Kier alpha value is -2.26. The van der Waals surface area contributed by atoms with Crippen LogP contribution in [0.25, 0.3) is 11.4 Å². The number of carbonyl (C=O) groups excluding carboxylic acids is 1. The van der Waals surface area contributed by atoms with Crippen LogP contribution in [0.2, 0.25) is 0 Å². The molecule has 3 fully saturated rings. The Balaban J connectivity index is 1.03. The molecule has 1 aromatic heterocycles. The zero-order chi connectivity index (χ0) is 24.0. The summed E-state index contributed by atoms with van der Waals surface area (Å²) >= 11 is 2.10. The first-order valence-electron chi connectivity index (χ1n) is 13.0. The van der Waals surface area contributed by atoms with Gasteiger partial charge in [0.15, 0.2) is 0 Å². The molecular formula is C26H37N5O3S. The molecule has 3 aliphatic rings. The van der Waals surface area contributed by atoms with Gasteiger partial charge in [-0.1, -0.05) is 5.16 Å². The molecule has 4 heterocycles. The van der Waals surface area contributed by atoms with E-state index in [-0.39, 0.29) is 11.8 Å². The number of methoxy groups -OCH3 is 1. The van der Waals surface area contributed by atoms with Crippen LogP contribution in [0, 0.1) is 17.8 Å². The minimum atomic E-state index is 0.0625. The summed E-state index contributed by atoms with van der Waals surface area (Å²) in [7, 11) is 1.64. The van der Waals surface area contributed by atoms with Crippen molar-refractivity contribution in [2.24, 2.45) is 17.8 Å². The molecule has 0 saturated carbocycles. The number of hydrogen-bond donors (Lipinski definition) is 1. The molecule has 1 unspecified atom stereocenters. The zero-order valence-corrected chi connectivity index (χ0v) is 21.5. The van der Waals surface area contributed by atoms with Gasteiger partial charge in [-0.3, -0.25) is 4.79 Å². The Morgan fingerprint density at radius 2 is 1.86 bits per heavy atom. The number of aromatic nitrogens is 2. The predicted molar refractivity (Wildman–Crippen MR) is 139 cm³/mol. The molecule has 3 saturated heterocycles. The Labute approximate surface area is 212 Å². The highest BCUT2D eigenvalue weighted by atomic mass is 32.2. The third-order valence-electron chi connectivity index (χ3n) is 7.69. The number of benzene rings is 1. The van der Waals surface area contributed by atoms with Gasteiger partial charge in [-0.25, -0.2) is 0 Å². The molecule has 1 N–H and O–H groups in total. The number of carbonyl (C=O) groups is 1. The van der Waals surface area contributed by atoms with Gasteiger partial charge in [0.05, 0.1) is 7.11 Å². The molecule has 5 rings (SSSR count). The number of nitrogens with one attached hydrogen (secondary N) is 1. The fourth-order valence-corrected chi connectivity index (χ4v) is 6.67. The number of piperidine rings is 1. The summed E-state index contributed by atoms with van der Waals surface area (Å²) in [6, 6.07) is 8.13. The van der Waals surface area contributed by atoms with E-state index < -0.39 is 0 Å². The molecule has 1 aromatic carbocycles. The minimum absolute atomic E-state index is 0.0625. The molecule has 35 heavy (non-hydrogen) atoms. The quantitative estimate of drug-likeness (QED) is 0.591. The average molecular weight is 500 g/mol. The van der Waals surface area contributed by atoms with Crippen molar-refractivity contribution in [2.45, 2.75) is 32.1 Å². The van der Waals surface area contributed by atoms with Gasteiger partial charge in [0.1, 0.15) is 5.75 Å². The van der Waals surface area contributed by atoms with Crippen LogP contribution in [0.4, 0.5) is 6.01 Å². The maximum Gasteiger partial charge on any atom is 0.324 e. The van der Waals surface area contributed by atoms with E-state index in [0.717, 1.165) is 56.3 Å². The maximum absolute atomic E-state index is 12.8. The van der Waals surface area contributed by atoms with Gasteiger partial charge >= 0.3 is 6.01 Å². The Kier molecular flexibility index (Phi) is 8.13. The molecule has 1 atom stereocenters. The van der Waals surface area contributed by atoms with Crippen molar-refractivity contribution in [1.82, 2.24) is 20.4 Å². The van der Waals surface area contributed by atoms with E-state index in [2.05, 4.69) is 37.0 Å². The van der Waals surface area contributed by atoms with Crippen molar-refractivity contribution >= 4 is 23.7 Å². The summed E-state index contributed by atoms with van der Waals surface area (Å²) in [6.07, 6.45) is 5.56. The second kappa shape index (κ2) is 11.6. The highest BCUT2D eigenvalue weighted by molar-refractivity contribution is 7.99. The van der Waals surface area contributed by atoms with E-state index in [1.165, 1.54) is 43.9 Å². The molecule has 1 amide bonds. The highest BCUT2D eigenvalue weighted by Gasteiger charge is 2.30. The maximum atomic E-state index is 12.8. The van der Waals surface area contributed by atoms with Crippen molar-refractivity contribution in [1.29, 1.82) is 0 Å². The lowest BCUT2D eigenvalue weighted by Gasteiger charge is -2.30. The topological polar surface area (TPSA) is 83.7 Å². The van der Waals surface area contributed by atoms with E-state index in [0.29, 0.717) is 17.8 Å². The predicted octanol–water partition coefficient (Wildman–Crippen LogP) is 3.54. The number of thioether (sulfide) groups is 1. The number of hydrogen-bond acceptors (Lipinski definition) is 8. The summed E-state index contributed by atoms with van der Waals surface area (Å²) in [5, 5.41) is 7.39. The van der Waals surface area contributed by atoms with Gasteiger partial charge in [-0.2, -0.15) is 16.7 Å². The number of likely N-dealkylation sites (tertiary alicyclic amines) is 1. The minimum Gasteiger partial charge on any atom is -0.497 e. The van der Waals surface area contributed by atoms with Gasteiger partial charge in [0.2, 0.25) is 11.7 Å². The molecule has 0 radical (unpaired) electrons. The number of nitrogens with zero attached hydrogens (tertiary/aromatic N) is 4. The van der Waals surface area contributed by atoms with Crippen molar-refractivity contribution in [2.75, 3.05) is 62.8 Å². The number of ether oxygens (including phenoxy) is 1. The molecule has 190 valence electrons. The van der Waals surface area contributed by atoms with Gasteiger partial charge in [-0.05, 0) is 86.3 Å². The Morgan fingerprint density at radius 1 is 1.09 bits per heavy atom. The van der Waals surface area contributed by atoms with Crippen molar-refractivity contribution in [3.8, 4) is 17.1 Å². The fraction of sp³-hybridized carbons (Fsp3) is 0.654. The van der Waals surface area contributed by atoms with Crippen LogP contribution in [0.5, 0.6) is 5.75 Å². The van der Waals surface area contributed by atoms with E-state index in [4.69, 9.17) is 9.26 Å². The summed E-state index contributed by atoms with van der Waals surface area (Å²) < 4.78 is 10.7. The van der Waals surface area contributed by atoms with Gasteiger partial charge in [0, 0.05) is 44.2 Å². The van der Waals surface area contributed by atoms with E-state index in [1.54, 1.807) is 7.11 Å². The number of amides is 1. The van der Waals surface area contributed by atoms with Crippen molar-refractivity contribution in [3.63, 3.8) is 0 Å². The lowest BCUT2D eigenvalue weighted by atomic mass is 9.96. The Bertz CT molecular complexity index is 954. The van der Waals surface area contributed by atoms with E-state index >= 15 is 0 Å². The lowest BCUT2D eigenvalue weighted by molar-refractivity contribution is -0.125.